The Kier molecular flexibility index (Phi) is 7.47. The van der Waals surface area contributed by atoms with Crippen molar-refractivity contribution in [2.75, 3.05) is 30.0 Å². The van der Waals surface area contributed by atoms with Gasteiger partial charge in [-0.1, -0.05) is 48.0 Å². The van der Waals surface area contributed by atoms with E-state index in [9.17, 15) is 9.59 Å². The number of benzene rings is 3. The van der Waals surface area contributed by atoms with Crippen LogP contribution in [-0.2, 0) is 11.2 Å². The summed E-state index contributed by atoms with van der Waals surface area (Å²) in [5.41, 5.74) is 2.93. The van der Waals surface area contributed by atoms with E-state index >= 15 is 0 Å². The predicted molar refractivity (Wildman–Crippen MR) is 129 cm³/mol. The third-order valence-electron chi connectivity index (χ3n) is 5.38. The summed E-state index contributed by atoms with van der Waals surface area (Å²) in [4.78, 5) is 27.1. The van der Waals surface area contributed by atoms with E-state index in [-0.39, 0.29) is 24.1 Å². The molecule has 2 amide bonds. The predicted octanol–water partition coefficient (Wildman–Crippen LogP) is 5.95. The topological polar surface area (TPSA) is 67.9 Å². The maximum atomic E-state index is 13.3. The molecule has 6 nitrogen and oxygen atoms in total. The number of ether oxygens (including phenoxy) is 2. The number of nitrogens with one attached hydrogen (secondary N) is 1. The van der Waals surface area contributed by atoms with Crippen molar-refractivity contribution in [1.82, 2.24) is 0 Å². The summed E-state index contributed by atoms with van der Waals surface area (Å²) in [6, 6.07) is 22.1. The summed E-state index contributed by atoms with van der Waals surface area (Å²) < 4.78 is 10.6. The summed E-state index contributed by atoms with van der Waals surface area (Å²) in [7, 11) is 0. The Labute approximate surface area is 198 Å². The molecule has 0 saturated heterocycles. The first-order chi connectivity index (χ1) is 16.1. The highest BCUT2D eigenvalue weighted by molar-refractivity contribution is 6.35. The van der Waals surface area contributed by atoms with Gasteiger partial charge in [-0.2, -0.15) is 0 Å². The molecule has 3 aromatic rings. The van der Waals surface area contributed by atoms with Crippen LogP contribution in [-0.4, -0.2) is 31.8 Å². The Morgan fingerprint density at radius 3 is 2.55 bits per heavy atom. The third kappa shape index (κ3) is 5.84. The SMILES string of the molecule is O=C(Nc1ccc(C(=O)N2CCCCc3ccccc32)c(Cl)c1)OCCOc1ccccc1. The van der Waals surface area contributed by atoms with E-state index in [4.69, 9.17) is 21.1 Å². The van der Waals surface area contributed by atoms with E-state index in [1.165, 1.54) is 0 Å². The standard InChI is InChI=1S/C26H25ClN2O4/c27-23-18-20(28-26(31)33-17-16-32-21-10-2-1-3-11-21)13-14-22(23)25(30)29-15-7-6-9-19-8-4-5-12-24(19)29/h1-5,8,10-14,18H,6-7,9,15-17H2,(H,28,31). The van der Waals surface area contributed by atoms with Gasteiger partial charge in [0, 0.05) is 17.9 Å². The third-order valence-corrected chi connectivity index (χ3v) is 5.69. The Morgan fingerprint density at radius 2 is 1.73 bits per heavy atom. The number of fused-ring (bicyclic) bond motifs is 1. The molecule has 0 saturated carbocycles. The van der Waals surface area contributed by atoms with Gasteiger partial charge in [0.25, 0.3) is 5.91 Å². The van der Waals surface area contributed by atoms with Crippen LogP contribution in [0.1, 0.15) is 28.8 Å². The number of halogens is 1. The van der Waals surface area contributed by atoms with Crippen molar-refractivity contribution in [2.45, 2.75) is 19.3 Å². The number of amides is 2. The number of carbonyl (C=O) groups is 2. The Hall–Kier alpha value is -3.51. The van der Waals surface area contributed by atoms with Crippen molar-refractivity contribution in [1.29, 1.82) is 0 Å². The number of aryl methyl sites for hydroxylation is 1. The number of rotatable bonds is 6. The van der Waals surface area contributed by atoms with Gasteiger partial charge < -0.3 is 14.4 Å². The Bertz CT molecular complexity index is 1120. The minimum absolute atomic E-state index is 0.0966. The van der Waals surface area contributed by atoms with Crippen LogP contribution in [0.3, 0.4) is 0 Å². The molecule has 4 rings (SSSR count). The van der Waals surface area contributed by atoms with Crippen LogP contribution in [0.25, 0.3) is 0 Å². The minimum atomic E-state index is -0.622. The van der Waals surface area contributed by atoms with Crippen LogP contribution in [0.15, 0.2) is 72.8 Å². The van der Waals surface area contributed by atoms with Gasteiger partial charge in [-0.05, 0) is 61.2 Å². The van der Waals surface area contributed by atoms with Crippen LogP contribution in [0, 0.1) is 0 Å². The van der Waals surface area contributed by atoms with Gasteiger partial charge in [-0.25, -0.2) is 4.79 Å². The second-order valence-electron chi connectivity index (χ2n) is 7.66. The zero-order valence-corrected chi connectivity index (χ0v) is 18.9. The zero-order valence-electron chi connectivity index (χ0n) is 18.1. The summed E-state index contributed by atoms with van der Waals surface area (Å²) >= 11 is 6.43. The molecule has 0 fully saturated rings. The number of nitrogens with zero attached hydrogens (tertiary/aromatic N) is 1. The number of hydrogen-bond acceptors (Lipinski definition) is 4. The molecule has 33 heavy (non-hydrogen) atoms. The monoisotopic (exact) mass is 464 g/mol. The van der Waals surface area contributed by atoms with E-state index in [1.54, 1.807) is 23.1 Å². The van der Waals surface area contributed by atoms with Gasteiger partial charge in [0.2, 0.25) is 0 Å². The maximum Gasteiger partial charge on any atom is 0.411 e. The Balaban J connectivity index is 1.35. The first kappa shape index (κ1) is 22.7. The van der Waals surface area contributed by atoms with Crippen molar-refractivity contribution < 1.29 is 19.1 Å². The van der Waals surface area contributed by atoms with Gasteiger partial charge in [-0.3, -0.25) is 10.1 Å². The first-order valence-electron chi connectivity index (χ1n) is 10.9. The molecule has 170 valence electrons. The van der Waals surface area contributed by atoms with Crippen molar-refractivity contribution >= 4 is 35.0 Å². The average molecular weight is 465 g/mol. The molecule has 0 aromatic heterocycles. The van der Waals surface area contributed by atoms with Crippen molar-refractivity contribution in [3.63, 3.8) is 0 Å². The Morgan fingerprint density at radius 1 is 0.939 bits per heavy atom. The van der Waals surface area contributed by atoms with Gasteiger partial charge in [0.15, 0.2) is 0 Å². The molecule has 0 radical (unpaired) electrons. The zero-order chi connectivity index (χ0) is 23.0. The maximum absolute atomic E-state index is 13.3. The lowest BCUT2D eigenvalue weighted by molar-refractivity contribution is 0.0987. The van der Waals surface area contributed by atoms with Gasteiger partial charge in [0.1, 0.15) is 19.0 Å². The number of carbonyl (C=O) groups excluding carboxylic acids is 2. The fourth-order valence-electron chi connectivity index (χ4n) is 3.78. The molecule has 1 aliphatic heterocycles. The van der Waals surface area contributed by atoms with Crippen LogP contribution in [0.4, 0.5) is 16.2 Å². The average Bonchev–Trinajstić information content (AvgIpc) is 3.05. The van der Waals surface area contributed by atoms with Gasteiger partial charge in [0.05, 0.1) is 10.6 Å². The molecule has 0 unspecified atom stereocenters. The molecule has 0 bridgehead atoms. The molecule has 1 heterocycles. The van der Waals surface area contributed by atoms with E-state index < -0.39 is 6.09 Å². The summed E-state index contributed by atoms with van der Waals surface area (Å²) in [5, 5.41) is 2.90. The van der Waals surface area contributed by atoms with Crippen molar-refractivity contribution in [3.05, 3.63) is 88.9 Å². The lowest BCUT2D eigenvalue weighted by Gasteiger charge is -2.23. The lowest BCUT2D eigenvalue weighted by atomic mass is 10.1. The second-order valence-corrected chi connectivity index (χ2v) is 8.07. The quantitative estimate of drug-likeness (QED) is 0.457. The minimum Gasteiger partial charge on any atom is -0.490 e. The summed E-state index contributed by atoms with van der Waals surface area (Å²) in [5.74, 6) is 0.558. The van der Waals surface area contributed by atoms with Gasteiger partial charge in [-0.15, -0.1) is 0 Å². The highest BCUT2D eigenvalue weighted by atomic mass is 35.5. The summed E-state index contributed by atoms with van der Waals surface area (Å²) in [6.45, 7) is 0.978. The normalized spacial score (nSPS) is 12.9. The molecule has 1 aliphatic rings. The fraction of sp³-hybridized carbons (Fsp3) is 0.231. The largest absolute Gasteiger partial charge is 0.490 e. The molecule has 7 heteroatoms. The van der Waals surface area contributed by atoms with Crippen molar-refractivity contribution in [3.8, 4) is 5.75 Å². The summed E-state index contributed by atoms with van der Waals surface area (Å²) in [6.07, 6.45) is 2.30. The molecular weight excluding hydrogens is 440 g/mol. The molecule has 0 spiro atoms. The molecule has 1 N–H and O–H groups in total. The highest BCUT2D eigenvalue weighted by Gasteiger charge is 2.24. The van der Waals surface area contributed by atoms with Crippen molar-refractivity contribution in [2.24, 2.45) is 0 Å². The number of hydrogen-bond donors (Lipinski definition) is 1. The first-order valence-corrected chi connectivity index (χ1v) is 11.3. The van der Waals surface area contributed by atoms with E-state index in [0.29, 0.717) is 23.5 Å². The molecule has 0 aliphatic carbocycles. The van der Waals surface area contributed by atoms with E-state index in [1.807, 2.05) is 48.5 Å². The fourth-order valence-corrected chi connectivity index (χ4v) is 4.04. The molecule has 0 atom stereocenters. The lowest BCUT2D eigenvalue weighted by Crippen LogP contribution is -2.32. The van der Waals surface area contributed by atoms with Crippen LogP contribution >= 0.6 is 11.6 Å². The van der Waals surface area contributed by atoms with Crippen LogP contribution in [0.2, 0.25) is 5.02 Å². The number of anilines is 2. The van der Waals surface area contributed by atoms with Gasteiger partial charge >= 0.3 is 6.09 Å². The van der Waals surface area contributed by atoms with E-state index in [2.05, 4.69) is 11.4 Å². The second kappa shape index (κ2) is 10.9. The molecule has 3 aromatic carbocycles. The number of para-hydroxylation sites is 2. The smallest absolute Gasteiger partial charge is 0.411 e. The van der Waals surface area contributed by atoms with E-state index in [0.717, 1.165) is 30.5 Å². The highest BCUT2D eigenvalue weighted by Crippen LogP contribution is 2.30. The van der Waals surface area contributed by atoms with Crippen LogP contribution in [0.5, 0.6) is 5.75 Å². The molecular formula is C26H25ClN2O4. The van der Waals surface area contributed by atoms with Crippen LogP contribution < -0.4 is 15.0 Å².